The molecule has 0 unspecified atom stereocenters. The van der Waals surface area contributed by atoms with Gasteiger partial charge >= 0.3 is 18.9 Å². The van der Waals surface area contributed by atoms with Crippen LogP contribution < -0.4 is 0 Å². The Hall–Kier alpha value is 0.517. The van der Waals surface area contributed by atoms with Crippen molar-refractivity contribution in [3.05, 3.63) is 0 Å². The average Bonchev–Trinajstić information content (AvgIpc) is 0. The number of hydrogen-bond acceptors (Lipinski definition) is 0. The summed E-state index contributed by atoms with van der Waals surface area (Å²) in [5.74, 6) is 0. The molecule has 4 heavy (non-hydrogen) atoms. The average molecular weight is 60.0 g/mol. The van der Waals surface area contributed by atoms with Crippen molar-refractivity contribution < 1.29 is 11.0 Å². The SMILES string of the molecule is C.O.O.[LiH]. The van der Waals surface area contributed by atoms with E-state index in [0.717, 1.165) is 0 Å². The molecule has 0 radical (unpaired) electrons. The molecule has 2 nitrogen and oxygen atoms in total. The van der Waals surface area contributed by atoms with Gasteiger partial charge in [0.25, 0.3) is 0 Å². The minimum atomic E-state index is 0. The van der Waals surface area contributed by atoms with E-state index < -0.39 is 0 Å². The first-order valence-corrected chi connectivity index (χ1v) is 0. The zero-order valence-electron chi connectivity index (χ0n) is 1.00. The van der Waals surface area contributed by atoms with Crippen molar-refractivity contribution in [1.82, 2.24) is 0 Å². The Morgan fingerprint density at radius 3 is 0.750 bits per heavy atom. The minimum absolute atomic E-state index is 0. The van der Waals surface area contributed by atoms with E-state index in [4.69, 9.17) is 0 Å². The topological polar surface area (TPSA) is 63.0 Å². The van der Waals surface area contributed by atoms with E-state index >= 15 is 0 Å². The summed E-state index contributed by atoms with van der Waals surface area (Å²) in [6, 6.07) is 0. The maximum atomic E-state index is 0. The number of hydrogen-bond donors (Lipinski definition) is 0. The first-order chi connectivity index (χ1) is 0. The molecule has 0 aliphatic rings. The Balaban J connectivity index is 0. The Kier molecular flexibility index (Phi) is 4350. The van der Waals surface area contributed by atoms with Crippen LogP contribution >= 0.6 is 0 Å². The molecule has 0 aliphatic heterocycles. The molecule has 0 fully saturated rings. The van der Waals surface area contributed by atoms with Crippen LogP contribution in [-0.2, 0) is 0 Å². The normalized spacial score (nSPS) is 0. The predicted octanol–water partition coefficient (Wildman–Crippen LogP) is -1.66. The van der Waals surface area contributed by atoms with Gasteiger partial charge in [-0.3, -0.25) is 0 Å². The van der Waals surface area contributed by atoms with Gasteiger partial charge in [0.2, 0.25) is 0 Å². The van der Waals surface area contributed by atoms with E-state index in [-0.39, 0.29) is 37.2 Å². The monoisotopic (exact) mass is 60.1 g/mol. The molecule has 0 aromatic carbocycles. The molecule has 0 heterocycles. The molecule has 0 aromatic rings. The second kappa shape index (κ2) is 83.3. The van der Waals surface area contributed by atoms with Crippen molar-refractivity contribution in [2.24, 2.45) is 0 Å². The third-order valence-electron chi connectivity index (χ3n) is 0. The van der Waals surface area contributed by atoms with Crippen molar-refractivity contribution >= 4 is 18.9 Å². The Labute approximate surface area is 38.0 Å². The second-order valence-electron chi connectivity index (χ2n) is 0. The van der Waals surface area contributed by atoms with Gasteiger partial charge in [-0.25, -0.2) is 0 Å². The van der Waals surface area contributed by atoms with Crippen LogP contribution in [0.5, 0.6) is 0 Å². The zero-order valence-corrected chi connectivity index (χ0v) is 1.00. The molecule has 0 aliphatic carbocycles. The molecular formula is CH9LiO2. The molecule has 0 aromatic heterocycles. The van der Waals surface area contributed by atoms with E-state index in [0.29, 0.717) is 0 Å². The van der Waals surface area contributed by atoms with Gasteiger partial charge in [-0.1, -0.05) is 7.43 Å². The first kappa shape index (κ1) is 209. The third-order valence-corrected chi connectivity index (χ3v) is 0. The van der Waals surface area contributed by atoms with Crippen LogP contribution in [0.4, 0.5) is 0 Å². The molecule has 0 spiro atoms. The Morgan fingerprint density at radius 2 is 0.750 bits per heavy atom. The summed E-state index contributed by atoms with van der Waals surface area (Å²) < 4.78 is 0. The summed E-state index contributed by atoms with van der Waals surface area (Å²) in [4.78, 5) is 0. The van der Waals surface area contributed by atoms with E-state index in [1.54, 1.807) is 0 Å². The molecule has 3 heteroatoms. The van der Waals surface area contributed by atoms with Gasteiger partial charge in [0, 0.05) is 0 Å². The van der Waals surface area contributed by atoms with Gasteiger partial charge in [0.1, 0.15) is 0 Å². The maximum absolute atomic E-state index is 0. The van der Waals surface area contributed by atoms with Crippen LogP contribution in [0.25, 0.3) is 0 Å². The van der Waals surface area contributed by atoms with Crippen molar-refractivity contribution in [3.8, 4) is 0 Å². The Morgan fingerprint density at radius 1 is 0.750 bits per heavy atom. The summed E-state index contributed by atoms with van der Waals surface area (Å²) in [6.07, 6.45) is 0. The van der Waals surface area contributed by atoms with Crippen molar-refractivity contribution in [2.75, 3.05) is 0 Å². The molecule has 0 bridgehead atoms. The van der Waals surface area contributed by atoms with Crippen molar-refractivity contribution in [3.63, 3.8) is 0 Å². The van der Waals surface area contributed by atoms with E-state index in [2.05, 4.69) is 0 Å². The zero-order chi connectivity index (χ0) is 0. The predicted molar refractivity (Wildman–Crippen MR) is 21.1 cm³/mol. The van der Waals surface area contributed by atoms with E-state index in [1.807, 2.05) is 0 Å². The van der Waals surface area contributed by atoms with Crippen LogP contribution in [0.2, 0.25) is 0 Å². The van der Waals surface area contributed by atoms with Crippen molar-refractivity contribution in [1.29, 1.82) is 0 Å². The third kappa shape index (κ3) is 21.7. The second-order valence-corrected chi connectivity index (χ2v) is 0. The van der Waals surface area contributed by atoms with Gasteiger partial charge in [0.15, 0.2) is 0 Å². The standard InChI is InChI=1S/CH4.Li.2H2O.H/h1H4;;2*1H2;. The molecule has 0 rings (SSSR count). The van der Waals surface area contributed by atoms with Crippen LogP contribution in [0.3, 0.4) is 0 Å². The molecule has 0 amide bonds. The van der Waals surface area contributed by atoms with Gasteiger partial charge in [-0.05, 0) is 0 Å². The fourth-order valence-electron chi connectivity index (χ4n) is 0. The van der Waals surface area contributed by atoms with Crippen LogP contribution in [-0.4, -0.2) is 29.8 Å². The van der Waals surface area contributed by atoms with Crippen LogP contribution in [0.1, 0.15) is 7.43 Å². The summed E-state index contributed by atoms with van der Waals surface area (Å²) in [5, 5.41) is 0. The summed E-state index contributed by atoms with van der Waals surface area (Å²) in [5.41, 5.74) is 0. The van der Waals surface area contributed by atoms with Crippen molar-refractivity contribution in [2.45, 2.75) is 7.43 Å². The van der Waals surface area contributed by atoms with Gasteiger partial charge < -0.3 is 11.0 Å². The summed E-state index contributed by atoms with van der Waals surface area (Å²) >= 11 is 0. The quantitative estimate of drug-likeness (QED) is 0.300. The van der Waals surface area contributed by atoms with Crippen LogP contribution in [0, 0.1) is 0 Å². The molecule has 4 N–H and O–H groups in total. The summed E-state index contributed by atoms with van der Waals surface area (Å²) in [7, 11) is 0. The molecular weight excluding hydrogens is 51.0 g/mol. The summed E-state index contributed by atoms with van der Waals surface area (Å²) in [6.45, 7) is 0. The number of rotatable bonds is 0. The van der Waals surface area contributed by atoms with Crippen LogP contribution in [0.15, 0.2) is 0 Å². The van der Waals surface area contributed by atoms with Gasteiger partial charge in [0.05, 0.1) is 0 Å². The fraction of sp³-hybridized carbons (Fsp3) is 1.00. The van der Waals surface area contributed by atoms with Gasteiger partial charge in [-0.2, -0.15) is 0 Å². The van der Waals surface area contributed by atoms with E-state index in [1.165, 1.54) is 0 Å². The molecule has 26 valence electrons. The van der Waals surface area contributed by atoms with Gasteiger partial charge in [-0.15, -0.1) is 0 Å². The first-order valence-electron chi connectivity index (χ1n) is 0. The Bertz CT molecular complexity index is 6.00. The van der Waals surface area contributed by atoms with E-state index in [9.17, 15) is 0 Å². The molecule has 0 saturated carbocycles. The molecule has 0 saturated heterocycles. The molecule has 0 atom stereocenters. The fourth-order valence-corrected chi connectivity index (χ4v) is 0.